The number of ketones is 1. The van der Waals surface area contributed by atoms with Crippen molar-refractivity contribution < 1.29 is 19.4 Å². The molecule has 2 unspecified atom stereocenters. The number of nitrogens with two attached hydrogens (primary N) is 1. The van der Waals surface area contributed by atoms with E-state index in [2.05, 4.69) is 0 Å². The Hall–Kier alpha value is -1.72. The van der Waals surface area contributed by atoms with Crippen LogP contribution in [0.2, 0.25) is 0 Å². The van der Waals surface area contributed by atoms with Crippen LogP contribution in [0.15, 0.2) is 30.3 Å². The van der Waals surface area contributed by atoms with Crippen LogP contribution in [0.25, 0.3) is 0 Å². The van der Waals surface area contributed by atoms with E-state index in [4.69, 9.17) is 15.6 Å². The van der Waals surface area contributed by atoms with E-state index in [0.717, 1.165) is 5.56 Å². The summed E-state index contributed by atoms with van der Waals surface area (Å²) in [5, 5.41) is 8.94. The maximum atomic E-state index is 11.8. The molecular weight excluding hydrogens is 222 g/mol. The van der Waals surface area contributed by atoms with Crippen molar-refractivity contribution in [1.29, 1.82) is 0 Å². The third-order valence-electron chi connectivity index (χ3n) is 2.43. The number of benzene rings is 1. The van der Waals surface area contributed by atoms with Crippen LogP contribution < -0.4 is 5.73 Å². The first-order chi connectivity index (χ1) is 8.06. The van der Waals surface area contributed by atoms with Crippen molar-refractivity contribution in [1.82, 2.24) is 0 Å². The Kier molecular flexibility index (Phi) is 4.81. The second-order valence-electron chi connectivity index (χ2n) is 3.64. The minimum atomic E-state index is -1.33. The molecular formula is C12H15NO4. The molecule has 0 aliphatic rings. The number of carboxylic acid groups (broad SMARTS) is 1. The first-order valence-electron chi connectivity index (χ1n) is 5.14. The molecule has 0 amide bonds. The monoisotopic (exact) mass is 237 g/mol. The average Bonchev–Trinajstić information content (AvgIpc) is 2.29. The van der Waals surface area contributed by atoms with Crippen LogP contribution in [0.1, 0.15) is 5.56 Å². The van der Waals surface area contributed by atoms with Gasteiger partial charge in [0.2, 0.25) is 0 Å². The molecule has 0 radical (unpaired) electrons. The van der Waals surface area contributed by atoms with Gasteiger partial charge in [0.15, 0.2) is 11.7 Å². The van der Waals surface area contributed by atoms with Crippen LogP contribution >= 0.6 is 0 Å². The standard InChI is InChI=1S/C12H15NO4/c1-17-11(13)10(12(15)16)9(14)7-8-5-3-2-4-6-8/h2-6,10-11H,7,13H2,1H3,(H,15,16). The van der Waals surface area contributed by atoms with E-state index in [1.165, 1.54) is 7.11 Å². The first kappa shape index (κ1) is 13.3. The van der Waals surface area contributed by atoms with Gasteiger partial charge in [-0.1, -0.05) is 30.3 Å². The Morgan fingerprint density at radius 3 is 2.41 bits per heavy atom. The summed E-state index contributed by atoms with van der Waals surface area (Å²) in [7, 11) is 1.27. The molecule has 0 aromatic heterocycles. The van der Waals surface area contributed by atoms with Gasteiger partial charge in [0, 0.05) is 13.5 Å². The second kappa shape index (κ2) is 6.12. The van der Waals surface area contributed by atoms with E-state index < -0.39 is 23.9 Å². The quantitative estimate of drug-likeness (QED) is 0.553. The highest BCUT2D eigenvalue weighted by molar-refractivity contribution is 5.99. The number of methoxy groups -OCH3 is 1. The summed E-state index contributed by atoms with van der Waals surface area (Å²) in [6.45, 7) is 0. The maximum absolute atomic E-state index is 11.8. The zero-order valence-electron chi connectivity index (χ0n) is 9.50. The Morgan fingerprint density at radius 2 is 1.94 bits per heavy atom. The molecule has 0 saturated heterocycles. The van der Waals surface area contributed by atoms with Crippen molar-refractivity contribution >= 4 is 11.8 Å². The van der Waals surface area contributed by atoms with Crippen molar-refractivity contribution in [3.63, 3.8) is 0 Å². The summed E-state index contributed by atoms with van der Waals surface area (Å²) in [4.78, 5) is 22.8. The van der Waals surface area contributed by atoms with Gasteiger partial charge in [-0.15, -0.1) is 0 Å². The first-order valence-corrected chi connectivity index (χ1v) is 5.14. The number of rotatable bonds is 6. The third-order valence-corrected chi connectivity index (χ3v) is 2.43. The van der Waals surface area contributed by atoms with E-state index in [0.29, 0.717) is 0 Å². The lowest BCUT2D eigenvalue weighted by molar-refractivity contribution is -0.151. The summed E-state index contributed by atoms with van der Waals surface area (Å²) in [5.41, 5.74) is 6.21. The predicted octanol–water partition coefficient (Wildman–Crippen LogP) is 0.430. The fourth-order valence-electron chi connectivity index (χ4n) is 1.50. The van der Waals surface area contributed by atoms with Gasteiger partial charge in [-0.25, -0.2) is 0 Å². The molecule has 1 aromatic carbocycles. The van der Waals surface area contributed by atoms with Crippen molar-refractivity contribution in [3.8, 4) is 0 Å². The third kappa shape index (κ3) is 3.65. The topological polar surface area (TPSA) is 89.6 Å². The molecule has 1 aromatic rings. The van der Waals surface area contributed by atoms with Gasteiger partial charge in [0.25, 0.3) is 0 Å². The van der Waals surface area contributed by atoms with Gasteiger partial charge >= 0.3 is 5.97 Å². The number of hydrogen-bond acceptors (Lipinski definition) is 4. The Labute approximate surface area is 99.2 Å². The molecule has 17 heavy (non-hydrogen) atoms. The van der Waals surface area contributed by atoms with E-state index in [1.807, 2.05) is 6.07 Å². The smallest absolute Gasteiger partial charge is 0.318 e. The van der Waals surface area contributed by atoms with Gasteiger partial charge in [0.1, 0.15) is 6.23 Å². The molecule has 0 heterocycles. The molecule has 0 aliphatic carbocycles. The van der Waals surface area contributed by atoms with Gasteiger partial charge in [-0.3, -0.25) is 9.59 Å². The number of carbonyl (C=O) groups excluding carboxylic acids is 1. The zero-order chi connectivity index (χ0) is 12.8. The molecule has 92 valence electrons. The molecule has 0 fully saturated rings. The average molecular weight is 237 g/mol. The van der Waals surface area contributed by atoms with Crippen LogP contribution in [0, 0.1) is 5.92 Å². The van der Waals surface area contributed by atoms with Crippen molar-refractivity contribution in [3.05, 3.63) is 35.9 Å². The lowest BCUT2D eigenvalue weighted by atomic mass is 9.96. The van der Waals surface area contributed by atoms with Gasteiger partial charge in [-0.2, -0.15) is 0 Å². The summed E-state index contributed by atoms with van der Waals surface area (Å²) >= 11 is 0. The normalized spacial score (nSPS) is 14.0. The van der Waals surface area contributed by atoms with Crippen LogP contribution in [-0.2, 0) is 20.7 Å². The van der Waals surface area contributed by atoms with Gasteiger partial charge < -0.3 is 15.6 Å². The van der Waals surface area contributed by atoms with Crippen LogP contribution in [0.5, 0.6) is 0 Å². The summed E-state index contributed by atoms with van der Waals surface area (Å²) < 4.78 is 4.71. The highest BCUT2D eigenvalue weighted by Crippen LogP contribution is 2.10. The van der Waals surface area contributed by atoms with E-state index in [9.17, 15) is 9.59 Å². The molecule has 0 bridgehead atoms. The van der Waals surface area contributed by atoms with Crippen molar-refractivity contribution in [2.75, 3.05) is 7.11 Å². The lowest BCUT2D eigenvalue weighted by Crippen LogP contribution is -2.42. The van der Waals surface area contributed by atoms with Crippen LogP contribution in [0.4, 0.5) is 0 Å². The number of aliphatic carboxylic acids is 1. The van der Waals surface area contributed by atoms with E-state index >= 15 is 0 Å². The Balaban J connectivity index is 2.76. The highest BCUT2D eigenvalue weighted by Gasteiger charge is 2.32. The van der Waals surface area contributed by atoms with Gasteiger partial charge in [0.05, 0.1) is 0 Å². The molecule has 0 spiro atoms. The summed E-state index contributed by atoms with van der Waals surface area (Å²) in [6.07, 6.45) is -1.08. The highest BCUT2D eigenvalue weighted by atomic mass is 16.5. The molecule has 1 rings (SSSR count). The van der Waals surface area contributed by atoms with Crippen molar-refractivity contribution in [2.24, 2.45) is 11.7 Å². The number of ether oxygens (including phenoxy) is 1. The number of Topliss-reactive ketones (excluding diaryl/α,β-unsaturated/α-hetero) is 1. The summed E-state index contributed by atoms with van der Waals surface area (Å²) in [5.74, 6) is -3.06. The molecule has 0 saturated carbocycles. The molecule has 5 nitrogen and oxygen atoms in total. The fourth-order valence-corrected chi connectivity index (χ4v) is 1.50. The largest absolute Gasteiger partial charge is 0.481 e. The van der Waals surface area contributed by atoms with Crippen LogP contribution in [-0.4, -0.2) is 30.2 Å². The van der Waals surface area contributed by atoms with Crippen molar-refractivity contribution in [2.45, 2.75) is 12.6 Å². The SMILES string of the molecule is COC(N)C(C(=O)O)C(=O)Cc1ccccc1. The van der Waals surface area contributed by atoms with E-state index in [1.54, 1.807) is 24.3 Å². The molecule has 3 N–H and O–H groups in total. The second-order valence-corrected chi connectivity index (χ2v) is 3.64. The maximum Gasteiger partial charge on any atom is 0.318 e. The minimum absolute atomic E-state index is 0.0366. The Morgan fingerprint density at radius 1 is 1.35 bits per heavy atom. The zero-order valence-corrected chi connectivity index (χ0v) is 9.50. The van der Waals surface area contributed by atoms with Gasteiger partial charge in [-0.05, 0) is 5.56 Å². The number of carboxylic acids is 1. The van der Waals surface area contributed by atoms with Crippen LogP contribution in [0.3, 0.4) is 0 Å². The fraction of sp³-hybridized carbons (Fsp3) is 0.333. The van der Waals surface area contributed by atoms with E-state index in [-0.39, 0.29) is 6.42 Å². The predicted molar refractivity (Wildman–Crippen MR) is 61.3 cm³/mol. The molecule has 5 heteroatoms. The summed E-state index contributed by atoms with van der Waals surface area (Å²) in [6, 6.07) is 8.91. The number of carbonyl (C=O) groups is 2. The molecule has 0 aliphatic heterocycles. The minimum Gasteiger partial charge on any atom is -0.481 e. The lowest BCUT2D eigenvalue weighted by Gasteiger charge is -2.17. The number of hydrogen-bond donors (Lipinski definition) is 2. The Bertz CT molecular complexity index is 391. The molecule has 2 atom stereocenters.